The van der Waals surface area contributed by atoms with Gasteiger partial charge >= 0.3 is 0 Å². The maximum absolute atomic E-state index is 12.5. The molecule has 0 spiro atoms. The van der Waals surface area contributed by atoms with Crippen LogP contribution >= 0.6 is 11.8 Å². The van der Waals surface area contributed by atoms with Crippen LogP contribution in [0.25, 0.3) is 0 Å². The van der Waals surface area contributed by atoms with Gasteiger partial charge in [0.25, 0.3) is 0 Å². The van der Waals surface area contributed by atoms with Gasteiger partial charge in [-0.1, -0.05) is 48.5 Å². The van der Waals surface area contributed by atoms with Crippen LogP contribution in [0.1, 0.15) is 34.9 Å². The molecule has 33 heavy (non-hydrogen) atoms. The number of ether oxygens (including phenoxy) is 1. The minimum Gasteiger partial charge on any atom is -0.494 e. The average Bonchev–Trinajstić information content (AvgIpc) is 3.37. The quantitative estimate of drug-likeness (QED) is 0.410. The number of carbonyl (C=O) groups is 1. The van der Waals surface area contributed by atoms with Crippen LogP contribution in [0.4, 0.5) is 0 Å². The number of rotatable bonds is 11. The Morgan fingerprint density at radius 3 is 2.61 bits per heavy atom. The van der Waals surface area contributed by atoms with Crippen molar-refractivity contribution >= 4 is 17.7 Å². The van der Waals surface area contributed by atoms with Gasteiger partial charge in [-0.25, -0.2) is 0 Å². The SMILES string of the molecule is O=C(NCCc1ccc(OCCCCc2ccccc2)cc1)C1CSC(c2cccnc2)N1. The van der Waals surface area contributed by atoms with Gasteiger partial charge in [-0.3, -0.25) is 15.1 Å². The Hall–Kier alpha value is -2.83. The molecule has 0 saturated carbocycles. The van der Waals surface area contributed by atoms with Gasteiger partial charge in [-0.2, -0.15) is 0 Å². The Balaban J connectivity index is 1.10. The highest BCUT2D eigenvalue weighted by molar-refractivity contribution is 7.99. The molecule has 6 heteroatoms. The molecule has 2 unspecified atom stereocenters. The zero-order valence-electron chi connectivity index (χ0n) is 18.8. The standard InChI is InChI=1S/C27H31N3O2S/c31-26(25-20-33-27(30-25)23-10-6-16-28-19-23)29-17-15-22-11-13-24(14-12-22)32-18-5-4-9-21-7-2-1-3-8-21/h1-3,6-8,10-14,16,19,25,27,30H,4-5,9,15,17-18,20H2,(H,29,31). The molecule has 2 heterocycles. The molecule has 2 atom stereocenters. The highest BCUT2D eigenvalue weighted by Crippen LogP contribution is 2.32. The van der Waals surface area contributed by atoms with Gasteiger partial charge in [0.1, 0.15) is 5.75 Å². The zero-order chi connectivity index (χ0) is 22.7. The van der Waals surface area contributed by atoms with E-state index in [2.05, 4.69) is 58.1 Å². The summed E-state index contributed by atoms with van der Waals surface area (Å²) in [7, 11) is 0. The van der Waals surface area contributed by atoms with Gasteiger partial charge in [0.2, 0.25) is 5.91 Å². The van der Waals surface area contributed by atoms with Gasteiger partial charge in [-0.05, 0) is 60.6 Å². The number of nitrogens with zero attached hydrogens (tertiary/aromatic N) is 1. The maximum atomic E-state index is 12.5. The topological polar surface area (TPSA) is 63.2 Å². The van der Waals surface area contributed by atoms with E-state index < -0.39 is 0 Å². The van der Waals surface area contributed by atoms with Gasteiger partial charge in [0.15, 0.2) is 0 Å². The average molecular weight is 462 g/mol. The highest BCUT2D eigenvalue weighted by Gasteiger charge is 2.30. The summed E-state index contributed by atoms with van der Waals surface area (Å²) in [6, 6.07) is 22.5. The molecule has 3 aromatic rings. The summed E-state index contributed by atoms with van der Waals surface area (Å²) in [5, 5.41) is 6.58. The third kappa shape index (κ3) is 7.34. The normalized spacial score (nSPS) is 17.6. The molecule has 2 aromatic carbocycles. The molecule has 2 N–H and O–H groups in total. The number of benzene rings is 2. The summed E-state index contributed by atoms with van der Waals surface area (Å²) in [6.07, 6.45) is 7.67. The van der Waals surface area contributed by atoms with E-state index in [0.717, 1.165) is 49.4 Å². The molecule has 1 amide bonds. The number of hydrogen-bond acceptors (Lipinski definition) is 5. The first-order chi connectivity index (χ1) is 16.3. The smallest absolute Gasteiger partial charge is 0.238 e. The van der Waals surface area contributed by atoms with Crippen LogP contribution < -0.4 is 15.4 Å². The largest absolute Gasteiger partial charge is 0.494 e. The minimum absolute atomic E-state index is 0.0596. The van der Waals surface area contributed by atoms with Crippen molar-refractivity contribution in [2.75, 3.05) is 18.9 Å². The van der Waals surface area contributed by atoms with E-state index in [4.69, 9.17) is 4.74 Å². The van der Waals surface area contributed by atoms with Crippen LogP contribution in [-0.4, -0.2) is 35.8 Å². The number of thioether (sulfide) groups is 1. The van der Waals surface area contributed by atoms with Crippen molar-refractivity contribution in [3.8, 4) is 5.75 Å². The van der Waals surface area contributed by atoms with Gasteiger partial charge in [0, 0.05) is 24.7 Å². The zero-order valence-corrected chi connectivity index (χ0v) is 19.6. The van der Waals surface area contributed by atoms with E-state index in [0.29, 0.717) is 6.54 Å². The van der Waals surface area contributed by atoms with Crippen LogP contribution in [-0.2, 0) is 17.6 Å². The van der Waals surface area contributed by atoms with E-state index in [1.807, 2.05) is 30.5 Å². The molecular weight excluding hydrogens is 430 g/mol. The molecule has 5 nitrogen and oxygen atoms in total. The number of aryl methyl sites for hydroxylation is 1. The summed E-state index contributed by atoms with van der Waals surface area (Å²) in [6.45, 7) is 1.35. The number of unbranched alkanes of at least 4 members (excludes halogenated alkanes) is 1. The molecule has 1 aromatic heterocycles. The van der Waals surface area contributed by atoms with Crippen molar-refractivity contribution < 1.29 is 9.53 Å². The van der Waals surface area contributed by atoms with Crippen LogP contribution in [0.5, 0.6) is 5.75 Å². The summed E-state index contributed by atoms with van der Waals surface area (Å²) in [4.78, 5) is 16.7. The Morgan fingerprint density at radius 2 is 1.82 bits per heavy atom. The Kier molecular flexibility index (Phi) is 8.78. The molecule has 0 radical (unpaired) electrons. The lowest BCUT2D eigenvalue weighted by molar-refractivity contribution is -0.122. The molecule has 0 bridgehead atoms. The molecular formula is C27H31N3O2S. The van der Waals surface area contributed by atoms with Crippen LogP contribution in [0.2, 0.25) is 0 Å². The van der Waals surface area contributed by atoms with Crippen LogP contribution in [0.3, 0.4) is 0 Å². The lowest BCUT2D eigenvalue weighted by atomic mass is 10.1. The van der Waals surface area contributed by atoms with Crippen molar-refractivity contribution in [1.29, 1.82) is 0 Å². The summed E-state index contributed by atoms with van der Waals surface area (Å²) < 4.78 is 5.87. The first-order valence-corrected chi connectivity index (χ1v) is 12.6. The fourth-order valence-electron chi connectivity index (χ4n) is 3.82. The number of pyridine rings is 1. The second-order valence-electron chi connectivity index (χ2n) is 8.20. The van der Waals surface area contributed by atoms with Gasteiger partial charge in [0.05, 0.1) is 18.0 Å². The number of carbonyl (C=O) groups excluding carboxylic acids is 1. The number of nitrogens with one attached hydrogen (secondary N) is 2. The van der Waals surface area contributed by atoms with Crippen molar-refractivity contribution in [3.05, 3.63) is 95.8 Å². The first kappa shape index (κ1) is 23.3. The third-order valence-corrected chi connectivity index (χ3v) is 6.96. The van der Waals surface area contributed by atoms with Crippen LogP contribution in [0.15, 0.2) is 79.1 Å². The molecule has 172 valence electrons. The van der Waals surface area contributed by atoms with Gasteiger partial charge in [-0.15, -0.1) is 11.8 Å². The van der Waals surface area contributed by atoms with E-state index in [1.54, 1.807) is 18.0 Å². The molecule has 0 aliphatic carbocycles. The second-order valence-corrected chi connectivity index (χ2v) is 9.33. The van der Waals surface area contributed by atoms with E-state index in [9.17, 15) is 4.79 Å². The summed E-state index contributed by atoms with van der Waals surface area (Å²) in [5.41, 5.74) is 3.68. The highest BCUT2D eigenvalue weighted by atomic mass is 32.2. The van der Waals surface area contributed by atoms with Crippen molar-refractivity contribution in [1.82, 2.24) is 15.6 Å². The fourth-order valence-corrected chi connectivity index (χ4v) is 5.04. The van der Waals surface area contributed by atoms with Crippen molar-refractivity contribution in [3.63, 3.8) is 0 Å². The molecule has 1 aliphatic rings. The monoisotopic (exact) mass is 461 g/mol. The summed E-state index contributed by atoms with van der Waals surface area (Å²) in [5.74, 6) is 1.73. The number of aromatic nitrogens is 1. The van der Waals surface area contributed by atoms with Crippen molar-refractivity contribution in [2.45, 2.75) is 37.1 Å². The fraction of sp³-hybridized carbons (Fsp3) is 0.333. The minimum atomic E-state index is -0.169. The molecule has 4 rings (SSSR count). The number of hydrogen-bond donors (Lipinski definition) is 2. The molecule has 1 fully saturated rings. The third-order valence-electron chi connectivity index (χ3n) is 5.69. The first-order valence-electron chi connectivity index (χ1n) is 11.6. The Morgan fingerprint density at radius 1 is 1.00 bits per heavy atom. The lowest BCUT2D eigenvalue weighted by Crippen LogP contribution is -2.43. The predicted molar refractivity (Wildman–Crippen MR) is 134 cm³/mol. The Labute approximate surface area is 200 Å². The predicted octanol–water partition coefficient (Wildman–Crippen LogP) is 4.55. The van der Waals surface area contributed by atoms with Crippen LogP contribution in [0, 0.1) is 0 Å². The lowest BCUT2D eigenvalue weighted by Gasteiger charge is -2.13. The van der Waals surface area contributed by atoms with Crippen molar-refractivity contribution in [2.24, 2.45) is 0 Å². The second kappa shape index (κ2) is 12.4. The van der Waals surface area contributed by atoms with E-state index in [-0.39, 0.29) is 17.3 Å². The number of amides is 1. The van der Waals surface area contributed by atoms with E-state index >= 15 is 0 Å². The van der Waals surface area contributed by atoms with E-state index in [1.165, 1.54) is 11.1 Å². The van der Waals surface area contributed by atoms with Gasteiger partial charge < -0.3 is 10.1 Å². The molecule has 1 aliphatic heterocycles. The molecule has 1 saturated heterocycles. The summed E-state index contributed by atoms with van der Waals surface area (Å²) >= 11 is 1.75. The maximum Gasteiger partial charge on any atom is 0.238 e. The Bertz CT molecular complexity index is 983.